The molecule has 0 aromatic heterocycles. The van der Waals surface area contributed by atoms with Gasteiger partial charge in [0.1, 0.15) is 11.6 Å². The minimum absolute atomic E-state index is 0.199. The number of hydrogen-bond acceptors (Lipinski definition) is 3. The summed E-state index contributed by atoms with van der Waals surface area (Å²) in [5, 5.41) is 0. The van der Waals surface area contributed by atoms with Crippen molar-refractivity contribution < 1.29 is 9.59 Å². The summed E-state index contributed by atoms with van der Waals surface area (Å²) in [6, 6.07) is 18.3. The van der Waals surface area contributed by atoms with Gasteiger partial charge in [0, 0.05) is 12.3 Å². The van der Waals surface area contributed by atoms with Gasteiger partial charge in [0.25, 0.3) is 0 Å². The van der Waals surface area contributed by atoms with Crippen LogP contribution in [0.1, 0.15) is 25.3 Å². The van der Waals surface area contributed by atoms with Gasteiger partial charge in [-0.05, 0) is 49.5 Å². The molecular formula is C22H25NO2. The third-order valence-electron chi connectivity index (χ3n) is 4.91. The number of piperidine rings is 3. The summed E-state index contributed by atoms with van der Waals surface area (Å²) in [6.45, 7) is 4.69. The van der Waals surface area contributed by atoms with E-state index in [1.165, 1.54) is 11.1 Å². The molecular weight excluding hydrogens is 310 g/mol. The van der Waals surface area contributed by atoms with Crippen LogP contribution in [0.4, 0.5) is 0 Å². The lowest BCUT2D eigenvalue weighted by Crippen LogP contribution is -2.47. The second-order valence-corrected chi connectivity index (χ2v) is 6.96. The maximum atomic E-state index is 11.1. The van der Waals surface area contributed by atoms with Crippen LogP contribution in [-0.4, -0.2) is 36.1 Å². The predicted octanol–water partition coefficient (Wildman–Crippen LogP) is 3.77. The lowest BCUT2D eigenvalue weighted by atomic mass is 9.87. The average molecular weight is 335 g/mol. The average Bonchev–Trinajstić information content (AvgIpc) is 2.63. The molecule has 0 saturated carbocycles. The minimum atomic E-state index is 0.199. The molecule has 3 aliphatic rings. The zero-order chi connectivity index (χ0) is 17.6. The first kappa shape index (κ1) is 17.6. The van der Waals surface area contributed by atoms with Crippen LogP contribution in [0.5, 0.6) is 0 Å². The Morgan fingerprint density at radius 1 is 1.00 bits per heavy atom. The summed E-state index contributed by atoms with van der Waals surface area (Å²) in [6.07, 6.45) is 2.76. The van der Waals surface area contributed by atoms with E-state index in [1.54, 1.807) is 6.92 Å². The van der Waals surface area contributed by atoms with Gasteiger partial charge in [-0.3, -0.25) is 14.5 Å². The molecule has 3 aliphatic heterocycles. The van der Waals surface area contributed by atoms with E-state index >= 15 is 0 Å². The van der Waals surface area contributed by atoms with Crippen LogP contribution in [0.15, 0.2) is 54.6 Å². The quantitative estimate of drug-likeness (QED) is 0.857. The Kier molecular flexibility index (Phi) is 5.77. The van der Waals surface area contributed by atoms with Gasteiger partial charge in [-0.25, -0.2) is 0 Å². The zero-order valence-electron chi connectivity index (χ0n) is 14.8. The van der Waals surface area contributed by atoms with Gasteiger partial charge in [0.15, 0.2) is 0 Å². The summed E-state index contributed by atoms with van der Waals surface area (Å²) >= 11 is 0. The van der Waals surface area contributed by atoms with Crippen LogP contribution in [-0.2, 0) is 16.0 Å². The van der Waals surface area contributed by atoms with E-state index in [0.29, 0.717) is 18.1 Å². The van der Waals surface area contributed by atoms with E-state index in [9.17, 15) is 9.59 Å². The molecule has 0 radical (unpaired) electrons. The van der Waals surface area contributed by atoms with Crippen molar-refractivity contribution in [2.45, 2.75) is 26.2 Å². The molecule has 0 unspecified atom stereocenters. The van der Waals surface area contributed by atoms with E-state index in [0.717, 1.165) is 38.0 Å². The third-order valence-corrected chi connectivity index (χ3v) is 4.91. The molecule has 0 atom stereocenters. The molecule has 3 nitrogen and oxygen atoms in total. The third kappa shape index (κ3) is 4.86. The van der Waals surface area contributed by atoms with Gasteiger partial charge >= 0.3 is 0 Å². The van der Waals surface area contributed by atoms with Gasteiger partial charge in [-0.1, -0.05) is 54.6 Å². The Hall–Kier alpha value is -2.26. The second-order valence-electron chi connectivity index (χ2n) is 6.96. The normalized spacial score (nSPS) is 21.4. The van der Waals surface area contributed by atoms with E-state index in [1.807, 2.05) is 30.3 Å². The first-order valence-corrected chi connectivity index (χ1v) is 9.00. The standard InChI is InChI=1S/C15H14O.C7H11NO/c1-12(16)10-13-6-5-9-15(11-13)14-7-3-2-4-8-14;9-7-5-8-3-1-6(7)2-4-8/h2-9,11H,10H2,1H3;6H,1-5H2. The zero-order valence-corrected chi connectivity index (χ0v) is 14.8. The number of fused-ring (bicyclic) bond motifs is 3. The fourth-order valence-electron chi connectivity index (χ4n) is 3.54. The molecule has 3 heterocycles. The maximum absolute atomic E-state index is 11.1. The second kappa shape index (κ2) is 8.21. The molecule has 0 N–H and O–H groups in total. The smallest absolute Gasteiger partial charge is 0.149 e. The molecule has 2 aromatic carbocycles. The van der Waals surface area contributed by atoms with Gasteiger partial charge in [0.05, 0.1) is 6.54 Å². The fourth-order valence-corrected chi connectivity index (χ4v) is 3.54. The number of benzene rings is 2. The summed E-state index contributed by atoms with van der Waals surface area (Å²) in [4.78, 5) is 24.3. The van der Waals surface area contributed by atoms with Crippen LogP contribution >= 0.6 is 0 Å². The SMILES string of the molecule is CC(=O)Cc1cccc(-c2ccccc2)c1.O=C1CN2CCC1CC2. The topological polar surface area (TPSA) is 37.4 Å². The van der Waals surface area contributed by atoms with Crippen LogP contribution in [0.25, 0.3) is 11.1 Å². The Bertz CT molecular complexity index is 731. The van der Waals surface area contributed by atoms with Crippen LogP contribution in [0, 0.1) is 5.92 Å². The lowest BCUT2D eigenvalue weighted by Gasteiger charge is -2.37. The van der Waals surface area contributed by atoms with Gasteiger partial charge < -0.3 is 0 Å². The molecule has 25 heavy (non-hydrogen) atoms. The van der Waals surface area contributed by atoms with Crippen LogP contribution in [0.3, 0.4) is 0 Å². The number of nitrogens with zero attached hydrogens (tertiary/aromatic N) is 1. The van der Waals surface area contributed by atoms with Crippen LogP contribution < -0.4 is 0 Å². The maximum Gasteiger partial charge on any atom is 0.149 e. The van der Waals surface area contributed by atoms with E-state index in [2.05, 4.69) is 29.2 Å². The van der Waals surface area contributed by atoms with E-state index in [-0.39, 0.29) is 5.78 Å². The van der Waals surface area contributed by atoms with Crippen molar-refractivity contribution in [3.8, 4) is 11.1 Å². The number of hydrogen-bond donors (Lipinski definition) is 0. The van der Waals surface area contributed by atoms with Crippen molar-refractivity contribution in [2.24, 2.45) is 5.92 Å². The highest BCUT2D eigenvalue weighted by molar-refractivity contribution is 5.84. The molecule has 3 fully saturated rings. The molecule has 3 heteroatoms. The Labute approximate surface area is 149 Å². The van der Waals surface area contributed by atoms with Crippen molar-refractivity contribution in [1.29, 1.82) is 0 Å². The molecule has 2 bridgehead atoms. The lowest BCUT2D eigenvalue weighted by molar-refractivity contribution is -0.130. The largest absolute Gasteiger partial charge is 0.300 e. The minimum Gasteiger partial charge on any atom is -0.300 e. The highest BCUT2D eigenvalue weighted by atomic mass is 16.1. The predicted molar refractivity (Wildman–Crippen MR) is 100 cm³/mol. The molecule has 0 spiro atoms. The van der Waals surface area contributed by atoms with Gasteiger partial charge in [0.2, 0.25) is 0 Å². The molecule has 130 valence electrons. The molecule has 0 aliphatic carbocycles. The Balaban J connectivity index is 0.000000170. The number of rotatable bonds is 3. The molecule has 2 aromatic rings. The fraction of sp³-hybridized carbons (Fsp3) is 0.364. The van der Waals surface area contributed by atoms with Crippen molar-refractivity contribution in [2.75, 3.05) is 19.6 Å². The van der Waals surface area contributed by atoms with Crippen molar-refractivity contribution in [1.82, 2.24) is 4.90 Å². The van der Waals surface area contributed by atoms with Crippen molar-refractivity contribution in [3.63, 3.8) is 0 Å². The first-order valence-electron chi connectivity index (χ1n) is 9.00. The Morgan fingerprint density at radius 3 is 2.20 bits per heavy atom. The first-order chi connectivity index (χ1) is 12.1. The van der Waals surface area contributed by atoms with Crippen molar-refractivity contribution >= 4 is 11.6 Å². The number of carbonyl (C=O) groups excluding carboxylic acids is 2. The summed E-state index contributed by atoms with van der Waals surface area (Å²) in [5.74, 6) is 1.12. The van der Waals surface area contributed by atoms with Crippen LogP contribution in [0.2, 0.25) is 0 Å². The van der Waals surface area contributed by atoms with Gasteiger partial charge in [-0.2, -0.15) is 0 Å². The summed E-state index contributed by atoms with van der Waals surface area (Å²) < 4.78 is 0. The highest BCUT2D eigenvalue weighted by Gasteiger charge is 2.31. The molecule has 3 saturated heterocycles. The number of carbonyl (C=O) groups is 2. The number of Topliss-reactive ketones (excluding diaryl/α,β-unsaturated/α-hetero) is 2. The van der Waals surface area contributed by atoms with Crippen molar-refractivity contribution in [3.05, 3.63) is 60.2 Å². The molecule has 0 amide bonds. The van der Waals surface area contributed by atoms with Gasteiger partial charge in [-0.15, -0.1) is 0 Å². The van der Waals surface area contributed by atoms with E-state index < -0.39 is 0 Å². The molecule has 5 rings (SSSR count). The van der Waals surface area contributed by atoms with E-state index in [4.69, 9.17) is 0 Å². The summed E-state index contributed by atoms with van der Waals surface area (Å²) in [7, 11) is 0. The highest BCUT2D eigenvalue weighted by Crippen LogP contribution is 2.23. The number of ketones is 2. The Morgan fingerprint density at radius 2 is 1.68 bits per heavy atom. The summed E-state index contributed by atoms with van der Waals surface area (Å²) in [5.41, 5.74) is 3.43. The monoisotopic (exact) mass is 335 g/mol.